The van der Waals surface area contributed by atoms with E-state index < -0.39 is 0 Å². The van der Waals surface area contributed by atoms with Crippen molar-refractivity contribution in [2.24, 2.45) is 0 Å². The molecule has 0 spiro atoms. The summed E-state index contributed by atoms with van der Waals surface area (Å²) >= 11 is 0. The van der Waals surface area contributed by atoms with Crippen LogP contribution in [-0.2, 0) is 20.8 Å². The average molecular weight is 260 g/mol. The van der Waals surface area contributed by atoms with Crippen molar-refractivity contribution in [1.82, 2.24) is 4.90 Å². The second-order valence-corrected chi connectivity index (χ2v) is 4.64. The number of aryl methyl sites for hydroxylation is 1. The smallest absolute Gasteiger partial charge is 0.226 e. The summed E-state index contributed by atoms with van der Waals surface area (Å²) in [5.74, 6) is -0.502. The van der Waals surface area contributed by atoms with Crippen LogP contribution in [0.25, 0.3) is 0 Å². The van der Waals surface area contributed by atoms with Gasteiger partial charge in [-0.3, -0.25) is 19.3 Å². The van der Waals surface area contributed by atoms with Gasteiger partial charge >= 0.3 is 0 Å². The second-order valence-electron chi connectivity index (χ2n) is 4.64. The van der Waals surface area contributed by atoms with Crippen LogP contribution in [0.5, 0.6) is 0 Å². The van der Waals surface area contributed by atoms with Gasteiger partial charge in [0.25, 0.3) is 0 Å². The van der Waals surface area contributed by atoms with Gasteiger partial charge in [0.2, 0.25) is 18.2 Å². The number of carbonyl (C=O) groups excluding carboxylic acids is 3. The molecule has 1 aromatic carbocycles. The van der Waals surface area contributed by atoms with Crippen molar-refractivity contribution in [2.75, 3.05) is 5.32 Å². The number of hydrogen-bond acceptors (Lipinski definition) is 3. The fourth-order valence-electron chi connectivity index (χ4n) is 2.67. The summed E-state index contributed by atoms with van der Waals surface area (Å²) in [6, 6.07) is 5.36. The molecule has 5 nitrogen and oxygen atoms in total. The molecule has 1 aliphatic rings. The number of hydrogen-bond donors (Lipinski definition) is 1. The van der Waals surface area contributed by atoms with E-state index in [0.29, 0.717) is 12.1 Å². The zero-order valence-corrected chi connectivity index (χ0v) is 11.0. The average Bonchev–Trinajstić information content (AvgIpc) is 2.72. The molecule has 0 saturated carbocycles. The van der Waals surface area contributed by atoms with Gasteiger partial charge in [-0.1, -0.05) is 6.07 Å². The van der Waals surface area contributed by atoms with Gasteiger partial charge in [-0.05, 0) is 36.1 Å². The Bertz CT molecular complexity index is 525. The van der Waals surface area contributed by atoms with E-state index in [0.717, 1.165) is 24.0 Å². The first kappa shape index (κ1) is 13.3. The van der Waals surface area contributed by atoms with Crippen molar-refractivity contribution in [3.05, 3.63) is 29.3 Å². The number of carbonyl (C=O) groups is 3. The summed E-state index contributed by atoms with van der Waals surface area (Å²) in [4.78, 5) is 35.0. The molecule has 1 atom stereocenters. The molecule has 1 unspecified atom stereocenters. The van der Waals surface area contributed by atoms with Gasteiger partial charge in [-0.15, -0.1) is 0 Å². The Hall–Kier alpha value is -2.17. The first-order valence-electron chi connectivity index (χ1n) is 6.18. The maximum Gasteiger partial charge on any atom is 0.226 e. The van der Waals surface area contributed by atoms with Crippen LogP contribution in [0, 0.1) is 0 Å². The molecule has 100 valence electrons. The molecule has 0 aliphatic heterocycles. The van der Waals surface area contributed by atoms with E-state index in [2.05, 4.69) is 5.32 Å². The third-order valence-electron chi connectivity index (χ3n) is 3.41. The number of amides is 3. The van der Waals surface area contributed by atoms with Gasteiger partial charge in [0.05, 0.1) is 6.04 Å². The van der Waals surface area contributed by atoms with E-state index in [9.17, 15) is 14.4 Å². The van der Waals surface area contributed by atoms with Crippen molar-refractivity contribution in [1.29, 1.82) is 0 Å². The summed E-state index contributed by atoms with van der Waals surface area (Å²) in [5.41, 5.74) is 2.74. The first-order chi connectivity index (χ1) is 9.04. The van der Waals surface area contributed by atoms with Crippen molar-refractivity contribution < 1.29 is 14.4 Å². The zero-order valence-electron chi connectivity index (χ0n) is 11.0. The van der Waals surface area contributed by atoms with Crippen LogP contribution in [-0.4, -0.2) is 23.1 Å². The van der Waals surface area contributed by atoms with Gasteiger partial charge < -0.3 is 5.32 Å². The van der Waals surface area contributed by atoms with E-state index in [-0.39, 0.29) is 17.9 Å². The molecule has 19 heavy (non-hydrogen) atoms. The Morgan fingerprint density at radius 1 is 1.32 bits per heavy atom. The molecular weight excluding hydrogens is 244 g/mol. The van der Waals surface area contributed by atoms with Crippen LogP contribution >= 0.6 is 0 Å². The van der Waals surface area contributed by atoms with E-state index in [1.54, 1.807) is 0 Å². The fraction of sp³-hybridized carbons (Fsp3) is 0.357. The van der Waals surface area contributed by atoms with Gasteiger partial charge in [0.15, 0.2) is 0 Å². The molecule has 2 rings (SSSR count). The number of benzene rings is 1. The monoisotopic (exact) mass is 260 g/mol. The lowest BCUT2D eigenvalue weighted by molar-refractivity contribution is -0.145. The minimum absolute atomic E-state index is 0.224. The minimum atomic E-state index is -0.251. The molecule has 0 radical (unpaired) electrons. The first-order valence-corrected chi connectivity index (χ1v) is 6.18. The maximum atomic E-state index is 11.6. The van der Waals surface area contributed by atoms with Gasteiger partial charge in [0, 0.05) is 19.5 Å². The second kappa shape index (κ2) is 5.22. The third-order valence-corrected chi connectivity index (χ3v) is 3.41. The van der Waals surface area contributed by atoms with Crippen LogP contribution in [0.15, 0.2) is 18.2 Å². The predicted octanol–water partition coefficient (Wildman–Crippen LogP) is 1.64. The highest BCUT2D eigenvalue weighted by Gasteiger charge is 2.32. The van der Waals surface area contributed by atoms with Crippen LogP contribution in [0.4, 0.5) is 5.69 Å². The lowest BCUT2D eigenvalue weighted by Gasteiger charge is -2.25. The van der Waals surface area contributed by atoms with Crippen molar-refractivity contribution in [3.8, 4) is 0 Å². The van der Waals surface area contributed by atoms with Crippen LogP contribution < -0.4 is 5.32 Å². The highest BCUT2D eigenvalue weighted by Crippen LogP contribution is 2.37. The molecule has 1 N–H and O–H groups in total. The van der Waals surface area contributed by atoms with Gasteiger partial charge in [0.1, 0.15) is 0 Å². The lowest BCUT2D eigenvalue weighted by Crippen LogP contribution is -2.36. The van der Waals surface area contributed by atoms with E-state index in [4.69, 9.17) is 0 Å². The molecule has 1 aliphatic carbocycles. The number of nitrogens with one attached hydrogen (secondary N) is 1. The Morgan fingerprint density at radius 2 is 2.00 bits per heavy atom. The fourth-order valence-corrected chi connectivity index (χ4v) is 2.67. The normalized spacial score (nSPS) is 16.6. The molecule has 0 bridgehead atoms. The van der Waals surface area contributed by atoms with Crippen molar-refractivity contribution in [2.45, 2.75) is 32.7 Å². The van der Waals surface area contributed by atoms with Gasteiger partial charge in [-0.2, -0.15) is 0 Å². The zero-order chi connectivity index (χ0) is 14.0. The standard InChI is InChI=1S/C14H16N2O3/c1-9(18)16(10(2)19)14-6-4-11-3-5-12(15-8-17)7-13(11)14/h3,5,7-8,14H,4,6H2,1-2H3,(H,15,17). The highest BCUT2D eigenvalue weighted by molar-refractivity contribution is 5.93. The summed E-state index contributed by atoms with van der Waals surface area (Å²) in [5, 5.41) is 2.59. The third kappa shape index (κ3) is 2.50. The summed E-state index contributed by atoms with van der Waals surface area (Å²) in [6.45, 7) is 2.79. The van der Waals surface area contributed by atoms with Crippen molar-refractivity contribution in [3.63, 3.8) is 0 Å². The molecule has 5 heteroatoms. The number of anilines is 1. The number of nitrogens with zero attached hydrogens (tertiary/aromatic N) is 1. The van der Waals surface area contributed by atoms with E-state index in [1.807, 2.05) is 18.2 Å². The number of rotatable bonds is 3. The molecule has 0 fully saturated rings. The molecule has 0 aromatic heterocycles. The summed E-state index contributed by atoms with van der Waals surface area (Å²) < 4.78 is 0. The molecule has 0 heterocycles. The molecule has 1 aromatic rings. The highest BCUT2D eigenvalue weighted by atomic mass is 16.2. The molecule has 3 amide bonds. The number of imide groups is 1. The maximum absolute atomic E-state index is 11.6. The quantitative estimate of drug-likeness (QED) is 0.840. The largest absolute Gasteiger partial charge is 0.329 e. The van der Waals surface area contributed by atoms with Crippen LogP contribution in [0.3, 0.4) is 0 Å². The topological polar surface area (TPSA) is 66.5 Å². The van der Waals surface area contributed by atoms with Crippen molar-refractivity contribution >= 4 is 23.9 Å². The summed E-state index contributed by atoms with van der Waals surface area (Å²) in [6.07, 6.45) is 2.18. The number of fused-ring (bicyclic) bond motifs is 1. The van der Waals surface area contributed by atoms with Gasteiger partial charge in [-0.25, -0.2) is 0 Å². The SMILES string of the molecule is CC(=O)N(C(C)=O)C1CCc2ccc(NC=O)cc21. The lowest BCUT2D eigenvalue weighted by atomic mass is 10.1. The predicted molar refractivity (Wildman–Crippen MR) is 70.4 cm³/mol. The Morgan fingerprint density at radius 3 is 2.58 bits per heavy atom. The molecular formula is C14H16N2O3. The minimum Gasteiger partial charge on any atom is -0.329 e. The van der Waals surface area contributed by atoms with Crippen LogP contribution in [0.2, 0.25) is 0 Å². The van der Waals surface area contributed by atoms with Crippen LogP contribution in [0.1, 0.15) is 37.4 Å². The summed E-state index contributed by atoms with van der Waals surface area (Å²) in [7, 11) is 0. The van der Waals surface area contributed by atoms with E-state index in [1.165, 1.54) is 18.7 Å². The molecule has 0 saturated heterocycles. The Balaban J connectivity index is 2.38. The Kier molecular flexibility index (Phi) is 3.64. The Labute approximate surface area is 111 Å². The van der Waals surface area contributed by atoms with E-state index >= 15 is 0 Å².